The molecule has 69 heavy (non-hydrogen) atoms. The minimum atomic E-state index is -1.89. The second kappa shape index (κ2) is 39.2. The highest BCUT2D eigenvalue weighted by atomic mass is 32.2. The molecule has 0 aromatic heterocycles. The van der Waals surface area contributed by atoms with Gasteiger partial charge in [0.05, 0.1) is 92.5 Å². The summed E-state index contributed by atoms with van der Waals surface area (Å²) < 4.78 is 161. The number of nitrogens with one attached hydrogen (secondary N) is 2. The monoisotopic (exact) mass is 1030 g/mol. The first-order valence-corrected chi connectivity index (χ1v) is 21.5. The van der Waals surface area contributed by atoms with Crippen LogP contribution in [0.2, 0.25) is 0 Å². The first-order valence-electron chi connectivity index (χ1n) is 20.3. The van der Waals surface area contributed by atoms with Gasteiger partial charge in [-0.05, 0) is 18.6 Å². The van der Waals surface area contributed by atoms with Crippen molar-refractivity contribution in [3.8, 4) is 11.5 Å². The summed E-state index contributed by atoms with van der Waals surface area (Å²) in [6, 6.07) is -2.39. The number of esters is 2. The fraction of sp³-hybridized carbons (Fsp3) is 0.619. The third-order valence-electron chi connectivity index (χ3n) is 7.89. The number of halogens is 7. The van der Waals surface area contributed by atoms with Gasteiger partial charge < -0.3 is 72.2 Å². The summed E-state index contributed by atoms with van der Waals surface area (Å²) in [4.78, 5) is 49.0. The quantitative estimate of drug-likeness (QED) is 0.0320. The second-order valence-electron chi connectivity index (χ2n) is 13.0. The number of carbonyl (C=O) groups is 4. The Bertz CT molecular complexity index is 1620. The molecule has 0 heterocycles. The lowest BCUT2D eigenvalue weighted by molar-refractivity contribution is -0.139. The predicted molar refractivity (Wildman–Crippen MR) is 231 cm³/mol. The molecule has 0 saturated heterocycles. The van der Waals surface area contributed by atoms with E-state index in [4.69, 9.17) is 56.8 Å². The highest BCUT2D eigenvalue weighted by Gasteiger charge is 2.30. The van der Waals surface area contributed by atoms with Crippen molar-refractivity contribution in [2.75, 3.05) is 146 Å². The molecule has 0 saturated carbocycles. The number of hydrogen-bond donors (Lipinski definition) is 2. The van der Waals surface area contributed by atoms with Crippen molar-refractivity contribution in [3.63, 3.8) is 0 Å². The molecule has 0 radical (unpaired) electrons. The lowest BCUT2D eigenvalue weighted by Gasteiger charge is -2.18. The highest BCUT2D eigenvalue weighted by molar-refractivity contribution is 7.99. The second-order valence-corrected chi connectivity index (χ2v) is 14.2. The summed E-state index contributed by atoms with van der Waals surface area (Å²) >= 11 is 1.14. The zero-order valence-electron chi connectivity index (χ0n) is 38.0. The van der Waals surface area contributed by atoms with Gasteiger partial charge in [-0.1, -0.05) is 7.43 Å². The third-order valence-corrected chi connectivity index (χ3v) is 8.91. The number of carbonyl (C=O) groups excluding carboxylic acids is 4. The molecule has 0 aliphatic heterocycles. The van der Waals surface area contributed by atoms with Crippen LogP contribution in [0.4, 0.5) is 40.3 Å². The fourth-order valence-electron chi connectivity index (χ4n) is 4.48. The van der Waals surface area contributed by atoms with Crippen LogP contribution in [-0.2, 0) is 61.7 Å². The van der Waals surface area contributed by atoms with Crippen molar-refractivity contribution in [2.45, 2.75) is 26.4 Å². The van der Waals surface area contributed by atoms with Crippen LogP contribution in [0, 0.1) is 47.6 Å². The zero-order valence-corrected chi connectivity index (χ0v) is 38.8. The van der Waals surface area contributed by atoms with Gasteiger partial charge in [0.25, 0.3) is 0 Å². The molecular formula is C42H61F7N2O17S. The Balaban J connectivity index is 0.00000132. The van der Waals surface area contributed by atoms with Crippen LogP contribution in [0.3, 0.4) is 0 Å². The predicted octanol–water partition coefficient (Wildman–Crippen LogP) is 4.69. The van der Waals surface area contributed by atoms with Crippen molar-refractivity contribution >= 4 is 35.9 Å². The third kappa shape index (κ3) is 27.4. The first kappa shape index (κ1) is 64.4. The maximum atomic E-state index is 14.2. The number of alkyl carbamates (subject to hydrolysis) is 2. The van der Waals surface area contributed by atoms with Gasteiger partial charge in [-0.25, -0.2) is 36.7 Å². The van der Waals surface area contributed by atoms with Crippen LogP contribution >= 0.6 is 11.8 Å². The van der Waals surface area contributed by atoms with Gasteiger partial charge in [-0.15, -0.1) is 0 Å². The summed E-state index contributed by atoms with van der Waals surface area (Å²) in [5, 5.41) is 4.37. The number of rotatable bonds is 34. The van der Waals surface area contributed by atoms with E-state index in [1.807, 2.05) is 0 Å². The molecule has 0 bridgehead atoms. The molecule has 2 rings (SSSR count). The number of amides is 2. The molecule has 2 aromatic rings. The summed E-state index contributed by atoms with van der Waals surface area (Å²) in [6.45, 7) is 3.74. The van der Waals surface area contributed by atoms with E-state index < -0.39 is 95.0 Å². The molecular weight excluding hydrogens is 970 g/mol. The van der Waals surface area contributed by atoms with Gasteiger partial charge >= 0.3 is 24.1 Å². The largest absolute Gasteiger partial charge is 0.447 e. The molecule has 2 atom stereocenters. The van der Waals surface area contributed by atoms with Gasteiger partial charge in [0.1, 0.15) is 19.3 Å². The van der Waals surface area contributed by atoms with Gasteiger partial charge in [0.15, 0.2) is 29.3 Å². The van der Waals surface area contributed by atoms with Gasteiger partial charge in [-0.2, -0.15) is 24.9 Å². The lowest BCUT2D eigenvalue weighted by Crippen LogP contribution is -2.46. The van der Waals surface area contributed by atoms with Crippen LogP contribution < -0.4 is 20.1 Å². The van der Waals surface area contributed by atoms with Crippen molar-refractivity contribution in [1.82, 2.24) is 10.6 Å². The SMILES string of the molecule is C.COCCOCCOC(=O)N[C@@H](CSCCOCCOC)C(=O)Oc1c(F)c(F)cc(F)c1F.COCCOCCOC[C@H](NC(=O)OCCOCCOC)C(=O)Oc1c(F)c(C)cc(F)c1F. The molecule has 27 heteroatoms. The van der Waals surface area contributed by atoms with Gasteiger partial charge in [0.2, 0.25) is 29.0 Å². The number of aryl methyl sites for hydroxylation is 1. The van der Waals surface area contributed by atoms with Crippen LogP contribution in [0.15, 0.2) is 12.1 Å². The molecule has 19 nitrogen and oxygen atoms in total. The van der Waals surface area contributed by atoms with Crippen molar-refractivity contribution < 1.29 is 111 Å². The summed E-state index contributed by atoms with van der Waals surface area (Å²) in [5.74, 6) is -16.8. The van der Waals surface area contributed by atoms with E-state index in [0.717, 1.165) is 11.8 Å². The summed E-state index contributed by atoms with van der Waals surface area (Å²) in [5.41, 5.74) is -0.274. The zero-order chi connectivity index (χ0) is 50.7. The average Bonchev–Trinajstić information content (AvgIpc) is 3.31. The Hall–Kier alpha value is -4.58. The van der Waals surface area contributed by atoms with Gasteiger partial charge in [0, 0.05) is 46.0 Å². The first-order chi connectivity index (χ1) is 32.6. The smallest absolute Gasteiger partial charge is 0.408 e. The maximum Gasteiger partial charge on any atom is 0.408 e. The number of thioether (sulfide) groups is 1. The molecule has 396 valence electrons. The van der Waals surface area contributed by atoms with E-state index in [0.29, 0.717) is 58.1 Å². The van der Waals surface area contributed by atoms with Crippen molar-refractivity contribution in [1.29, 1.82) is 0 Å². The van der Waals surface area contributed by atoms with Crippen molar-refractivity contribution in [3.05, 3.63) is 58.4 Å². The Morgan fingerprint density at radius 1 is 0.493 bits per heavy atom. The van der Waals surface area contributed by atoms with E-state index in [2.05, 4.69) is 15.4 Å². The lowest BCUT2D eigenvalue weighted by atomic mass is 10.2. The number of ether oxygens (including phenoxy) is 13. The van der Waals surface area contributed by atoms with Gasteiger partial charge in [-0.3, -0.25) is 0 Å². The van der Waals surface area contributed by atoms with E-state index in [1.54, 1.807) is 0 Å². The van der Waals surface area contributed by atoms with Crippen LogP contribution in [0.5, 0.6) is 11.5 Å². The Kier molecular flexibility index (Phi) is 36.6. The van der Waals surface area contributed by atoms with Crippen molar-refractivity contribution in [2.24, 2.45) is 0 Å². The average molecular weight is 1030 g/mol. The number of hydrogen-bond acceptors (Lipinski definition) is 18. The summed E-state index contributed by atoms with van der Waals surface area (Å²) in [6.07, 6.45) is -2.07. The topological polar surface area (TPSA) is 212 Å². The highest BCUT2D eigenvalue weighted by Crippen LogP contribution is 2.28. The van der Waals surface area contributed by atoms with Crippen LogP contribution in [0.1, 0.15) is 13.0 Å². The molecule has 0 aliphatic rings. The maximum absolute atomic E-state index is 14.2. The Morgan fingerprint density at radius 2 is 0.855 bits per heavy atom. The van der Waals surface area contributed by atoms with E-state index in [-0.39, 0.29) is 77.7 Å². The minimum Gasteiger partial charge on any atom is -0.447 e. The minimum absolute atomic E-state index is 0. The molecule has 0 aliphatic carbocycles. The Labute approximate surface area is 399 Å². The molecule has 2 N–H and O–H groups in total. The van der Waals surface area contributed by atoms with E-state index in [1.165, 1.54) is 35.4 Å². The molecule has 0 unspecified atom stereocenters. The number of methoxy groups -OCH3 is 4. The molecule has 2 amide bonds. The molecule has 0 spiro atoms. The number of benzene rings is 2. The molecule has 2 aromatic carbocycles. The van der Waals surface area contributed by atoms with E-state index >= 15 is 0 Å². The Morgan fingerprint density at radius 3 is 1.32 bits per heavy atom. The fourth-order valence-corrected chi connectivity index (χ4v) is 5.34. The van der Waals surface area contributed by atoms with E-state index in [9.17, 15) is 49.9 Å². The standard InChI is InChI=1S/C21H30F3NO9.C20H27F4NO8S.CH4/c1-14-12-15(22)18(24)19(17(14)23)34-20(26)16(13-32-9-8-30-6-4-28-2)25-21(27)33-11-10-31-7-5-29-3;1-28-3-5-30-7-8-32-20(27)25-15(12-34-10-9-31-6-4-29-2)19(26)33-18-16(23)13(21)11-14(22)17(18)24;/h12,16H,4-11,13H2,1-3H3,(H,25,27);11,15H,3-10,12H2,1-2H3,(H,25,27);1H4/t16-;15-;/m00./s1. The normalized spacial score (nSPS) is 11.7. The van der Waals surface area contributed by atoms with Crippen LogP contribution in [0.25, 0.3) is 0 Å². The molecule has 0 fully saturated rings. The van der Waals surface area contributed by atoms with Crippen LogP contribution in [-0.4, -0.2) is 182 Å². The summed E-state index contributed by atoms with van der Waals surface area (Å²) in [7, 11) is 6.02.